The zero-order valence-corrected chi connectivity index (χ0v) is 9.96. The predicted octanol–water partition coefficient (Wildman–Crippen LogP) is 0.235. The molecular weight excluding hydrogens is 218 g/mol. The van der Waals surface area contributed by atoms with Crippen LogP contribution in [0.4, 0.5) is 0 Å². The first-order valence-corrected chi connectivity index (χ1v) is 5.53. The molecule has 0 aliphatic heterocycles. The minimum Gasteiger partial charge on any atom is -0.389 e. The first kappa shape index (κ1) is 12.0. The number of aliphatic hydroxyl groups excluding tert-OH is 2. The van der Waals surface area contributed by atoms with Crippen LogP contribution in [0.15, 0.2) is 18.2 Å². The van der Waals surface area contributed by atoms with Crippen molar-refractivity contribution in [2.24, 2.45) is 12.8 Å². The highest BCUT2D eigenvalue weighted by Crippen LogP contribution is 2.22. The maximum Gasteiger partial charge on any atom is 0.106 e. The second kappa shape index (κ2) is 4.44. The number of aryl methyl sites for hydroxylation is 2. The van der Waals surface area contributed by atoms with Crippen molar-refractivity contribution < 1.29 is 10.2 Å². The summed E-state index contributed by atoms with van der Waals surface area (Å²) in [6.07, 6.45) is -1.91. The van der Waals surface area contributed by atoms with Gasteiger partial charge in [-0.3, -0.25) is 0 Å². The van der Waals surface area contributed by atoms with Gasteiger partial charge in [0.2, 0.25) is 0 Å². The van der Waals surface area contributed by atoms with E-state index < -0.39 is 12.2 Å². The fraction of sp³-hybridized carbons (Fsp3) is 0.417. The van der Waals surface area contributed by atoms with E-state index in [-0.39, 0.29) is 6.54 Å². The Morgan fingerprint density at radius 2 is 2.12 bits per heavy atom. The standard InChI is InChI=1S/C12H17N3O2/c1-7-14-9-5-8(12(17)11(16)6-13)3-4-10(9)15(7)2/h3-5,11-12,16-17H,6,13H2,1-2H3. The van der Waals surface area contributed by atoms with Crippen LogP contribution in [0.5, 0.6) is 0 Å². The Hall–Kier alpha value is -1.43. The summed E-state index contributed by atoms with van der Waals surface area (Å²) >= 11 is 0. The summed E-state index contributed by atoms with van der Waals surface area (Å²) in [5.74, 6) is 0.908. The molecule has 1 aromatic heterocycles. The van der Waals surface area contributed by atoms with Crippen LogP contribution in [0.3, 0.4) is 0 Å². The lowest BCUT2D eigenvalue weighted by atomic mass is 10.0. The van der Waals surface area contributed by atoms with Gasteiger partial charge in [-0.05, 0) is 24.6 Å². The largest absolute Gasteiger partial charge is 0.389 e. The number of hydrogen-bond donors (Lipinski definition) is 3. The number of imidazole rings is 1. The number of nitrogens with two attached hydrogens (primary N) is 1. The molecule has 92 valence electrons. The molecule has 0 amide bonds. The fourth-order valence-electron chi connectivity index (χ4n) is 1.87. The van der Waals surface area contributed by atoms with Gasteiger partial charge in [0.15, 0.2) is 0 Å². The molecule has 0 saturated heterocycles. The molecule has 1 heterocycles. The number of nitrogens with zero attached hydrogens (tertiary/aromatic N) is 2. The Labute approximate surface area is 99.5 Å². The van der Waals surface area contributed by atoms with Gasteiger partial charge in [0, 0.05) is 13.6 Å². The molecule has 2 aromatic rings. The second-order valence-electron chi connectivity index (χ2n) is 4.21. The zero-order chi connectivity index (χ0) is 12.6. The Morgan fingerprint density at radius 1 is 1.41 bits per heavy atom. The van der Waals surface area contributed by atoms with E-state index >= 15 is 0 Å². The van der Waals surface area contributed by atoms with Crippen LogP contribution in [0.2, 0.25) is 0 Å². The van der Waals surface area contributed by atoms with E-state index in [9.17, 15) is 10.2 Å². The normalized spacial score (nSPS) is 15.1. The Morgan fingerprint density at radius 3 is 2.76 bits per heavy atom. The predicted molar refractivity (Wildman–Crippen MR) is 65.5 cm³/mol. The second-order valence-corrected chi connectivity index (χ2v) is 4.21. The van der Waals surface area contributed by atoms with Crippen LogP contribution in [0.25, 0.3) is 11.0 Å². The third kappa shape index (κ3) is 2.04. The van der Waals surface area contributed by atoms with Gasteiger partial charge in [0.05, 0.1) is 17.1 Å². The summed E-state index contributed by atoms with van der Waals surface area (Å²) in [4.78, 5) is 4.38. The van der Waals surface area contributed by atoms with Crippen molar-refractivity contribution in [3.63, 3.8) is 0 Å². The molecule has 17 heavy (non-hydrogen) atoms. The number of aliphatic hydroxyl groups is 2. The van der Waals surface area contributed by atoms with E-state index in [1.807, 2.05) is 24.6 Å². The maximum absolute atomic E-state index is 9.86. The van der Waals surface area contributed by atoms with Crippen molar-refractivity contribution in [1.82, 2.24) is 9.55 Å². The summed E-state index contributed by atoms with van der Waals surface area (Å²) in [6, 6.07) is 5.45. The SMILES string of the molecule is Cc1nc2cc(C(O)C(O)CN)ccc2n1C. The number of aromatic nitrogens is 2. The molecule has 0 saturated carbocycles. The molecular formula is C12H17N3O2. The van der Waals surface area contributed by atoms with Crippen LogP contribution in [0, 0.1) is 6.92 Å². The molecule has 2 atom stereocenters. The number of benzene rings is 1. The number of hydrogen-bond acceptors (Lipinski definition) is 4. The molecule has 0 spiro atoms. The lowest BCUT2D eigenvalue weighted by molar-refractivity contribution is 0.0244. The quantitative estimate of drug-likeness (QED) is 0.711. The van der Waals surface area contributed by atoms with Gasteiger partial charge in [-0.15, -0.1) is 0 Å². The molecule has 0 radical (unpaired) electrons. The van der Waals surface area contributed by atoms with Crippen LogP contribution in [-0.4, -0.2) is 32.4 Å². The maximum atomic E-state index is 9.86. The summed E-state index contributed by atoms with van der Waals surface area (Å²) in [7, 11) is 1.94. The highest BCUT2D eigenvalue weighted by atomic mass is 16.3. The molecule has 0 aliphatic carbocycles. The van der Waals surface area contributed by atoms with E-state index in [0.29, 0.717) is 5.56 Å². The third-order valence-electron chi connectivity index (χ3n) is 3.08. The van der Waals surface area contributed by atoms with E-state index in [0.717, 1.165) is 16.9 Å². The van der Waals surface area contributed by atoms with Crippen LogP contribution < -0.4 is 5.73 Å². The van der Waals surface area contributed by atoms with Crippen molar-refractivity contribution in [1.29, 1.82) is 0 Å². The highest BCUT2D eigenvalue weighted by Gasteiger charge is 2.17. The Kier molecular flexibility index (Phi) is 3.15. The van der Waals surface area contributed by atoms with Crippen LogP contribution >= 0.6 is 0 Å². The van der Waals surface area contributed by atoms with Gasteiger partial charge in [0.1, 0.15) is 11.9 Å². The van der Waals surface area contributed by atoms with Crippen molar-refractivity contribution in [2.45, 2.75) is 19.1 Å². The molecule has 2 unspecified atom stereocenters. The van der Waals surface area contributed by atoms with E-state index in [4.69, 9.17) is 5.73 Å². The van der Waals surface area contributed by atoms with E-state index in [2.05, 4.69) is 4.98 Å². The van der Waals surface area contributed by atoms with Crippen LogP contribution in [0.1, 0.15) is 17.5 Å². The smallest absolute Gasteiger partial charge is 0.106 e. The van der Waals surface area contributed by atoms with E-state index in [1.165, 1.54) is 0 Å². The Bertz CT molecular complexity index is 536. The fourth-order valence-corrected chi connectivity index (χ4v) is 1.87. The lowest BCUT2D eigenvalue weighted by Gasteiger charge is -2.16. The van der Waals surface area contributed by atoms with E-state index in [1.54, 1.807) is 12.1 Å². The van der Waals surface area contributed by atoms with Crippen LogP contribution in [-0.2, 0) is 7.05 Å². The van der Waals surface area contributed by atoms with Crippen molar-refractivity contribution in [2.75, 3.05) is 6.54 Å². The molecule has 4 N–H and O–H groups in total. The molecule has 2 rings (SSSR count). The van der Waals surface area contributed by atoms with Gasteiger partial charge in [-0.1, -0.05) is 6.07 Å². The average molecular weight is 235 g/mol. The molecule has 1 aromatic carbocycles. The summed E-state index contributed by atoms with van der Waals surface area (Å²) < 4.78 is 1.98. The van der Waals surface area contributed by atoms with Gasteiger partial charge in [-0.2, -0.15) is 0 Å². The Balaban J connectivity index is 2.44. The topological polar surface area (TPSA) is 84.3 Å². The molecule has 0 aliphatic rings. The minimum absolute atomic E-state index is 0.0282. The first-order valence-electron chi connectivity index (χ1n) is 5.53. The zero-order valence-electron chi connectivity index (χ0n) is 9.96. The van der Waals surface area contributed by atoms with Gasteiger partial charge < -0.3 is 20.5 Å². The minimum atomic E-state index is -0.966. The summed E-state index contributed by atoms with van der Waals surface area (Å²) in [6.45, 7) is 1.95. The number of rotatable bonds is 3. The summed E-state index contributed by atoms with van der Waals surface area (Å²) in [5, 5.41) is 19.4. The molecule has 0 fully saturated rings. The molecule has 0 bridgehead atoms. The van der Waals surface area contributed by atoms with Crippen molar-refractivity contribution in [3.05, 3.63) is 29.6 Å². The van der Waals surface area contributed by atoms with Gasteiger partial charge in [0.25, 0.3) is 0 Å². The summed E-state index contributed by atoms with van der Waals surface area (Å²) in [5.41, 5.74) is 7.77. The first-order chi connectivity index (χ1) is 8.04. The van der Waals surface area contributed by atoms with Crippen molar-refractivity contribution in [3.8, 4) is 0 Å². The van der Waals surface area contributed by atoms with Gasteiger partial charge in [-0.25, -0.2) is 4.98 Å². The monoisotopic (exact) mass is 235 g/mol. The average Bonchev–Trinajstić information content (AvgIpc) is 2.62. The highest BCUT2D eigenvalue weighted by molar-refractivity contribution is 5.76. The van der Waals surface area contributed by atoms with Crippen molar-refractivity contribution >= 4 is 11.0 Å². The third-order valence-corrected chi connectivity index (χ3v) is 3.08. The molecule has 5 heteroatoms. The lowest BCUT2D eigenvalue weighted by Crippen LogP contribution is -2.27. The molecule has 5 nitrogen and oxygen atoms in total. The number of fused-ring (bicyclic) bond motifs is 1. The van der Waals surface area contributed by atoms with Gasteiger partial charge >= 0.3 is 0 Å².